The van der Waals surface area contributed by atoms with Gasteiger partial charge in [0, 0.05) is 19.0 Å². The highest BCUT2D eigenvalue weighted by Crippen LogP contribution is 2.31. The molecule has 1 aliphatic carbocycles. The summed E-state index contributed by atoms with van der Waals surface area (Å²) in [7, 11) is 0. The van der Waals surface area contributed by atoms with Crippen LogP contribution in [0.15, 0.2) is 18.2 Å². The molecule has 2 N–H and O–H groups in total. The molecule has 1 aliphatic rings. The molecule has 0 aromatic heterocycles. The first-order valence-corrected chi connectivity index (χ1v) is 8.42. The predicted octanol–water partition coefficient (Wildman–Crippen LogP) is 3.02. The molecule has 0 heterocycles. The molecule has 1 unspecified atom stereocenters. The minimum absolute atomic E-state index is 0.0453. The zero-order chi connectivity index (χ0) is 17.7. The maximum Gasteiger partial charge on any atom is 0.245 e. The van der Waals surface area contributed by atoms with Crippen LogP contribution in [0.4, 0.5) is 8.78 Å². The van der Waals surface area contributed by atoms with E-state index in [4.69, 9.17) is 0 Å². The molecule has 0 saturated heterocycles. The van der Waals surface area contributed by atoms with Crippen molar-refractivity contribution in [3.8, 4) is 0 Å². The number of amides is 2. The van der Waals surface area contributed by atoms with Crippen LogP contribution in [0.5, 0.6) is 0 Å². The summed E-state index contributed by atoms with van der Waals surface area (Å²) in [6.07, 6.45) is 3.05. The fourth-order valence-corrected chi connectivity index (χ4v) is 3.32. The third kappa shape index (κ3) is 4.10. The maximum atomic E-state index is 13.8. The Hall–Kier alpha value is -1.98. The van der Waals surface area contributed by atoms with Crippen LogP contribution in [0.2, 0.25) is 0 Å². The summed E-state index contributed by atoms with van der Waals surface area (Å²) in [5, 5.41) is 5.64. The molecule has 2 amide bonds. The molecule has 1 fully saturated rings. The van der Waals surface area contributed by atoms with Gasteiger partial charge in [-0.15, -0.1) is 0 Å². The number of carbonyl (C=O) groups excluding carboxylic acids is 2. The lowest BCUT2D eigenvalue weighted by molar-refractivity contribution is -0.133. The first kappa shape index (κ1) is 18.4. The lowest BCUT2D eigenvalue weighted by atomic mass is 9.93. The van der Waals surface area contributed by atoms with E-state index < -0.39 is 23.1 Å². The quantitative estimate of drug-likeness (QED) is 0.838. The zero-order valence-electron chi connectivity index (χ0n) is 14.1. The number of carbonyl (C=O) groups is 2. The smallest absolute Gasteiger partial charge is 0.245 e. The predicted molar refractivity (Wildman–Crippen MR) is 87.4 cm³/mol. The number of halogens is 2. The first-order valence-electron chi connectivity index (χ1n) is 8.42. The third-order valence-electron chi connectivity index (χ3n) is 4.59. The van der Waals surface area contributed by atoms with E-state index in [1.54, 1.807) is 6.92 Å². The molecule has 1 aromatic carbocycles. The van der Waals surface area contributed by atoms with Crippen LogP contribution in [-0.2, 0) is 9.59 Å². The lowest BCUT2D eigenvalue weighted by Gasteiger charge is -2.29. The minimum Gasteiger partial charge on any atom is -0.354 e. The van der Waals surface area contributed by atoms with Gasteiger partial charge in [0.15, 0.2) is 0 Å². The van der Waals surface area contributed by atoms with Gasteiger partial charge in [0.05, 0.1) is 0 Å². The summed E-state index contributed by atoms with van der Waals surface area (Å²) in [6.45, 7) is 4.05. The third-order valence-corrected chi connectivity index (χ3v) is 4.59. The van der Waals surface area contributed by atoms with Gasteiger partial charge in [-0.2, -0.15) is 0 Å². The van der Waals surface area contributed by atoms with Crippen molar-refractivity contribution in [2.75, 3.05) is 6.54 Å². The second-order valence-electron chi connectivity index (χ2n) is 6.47. The summed E-state index contributed by atoms with van der Waals surface area (Å²) >= 11 is 0. The summed E-state index contributed by atoms with van der Waals surface area (Å²) in [4.78, 5) is 24.7. The van der Waals surface area contributed by atoms with Crippen LogP contribution in [0.1, 0.15) is 57.4 Å². The monoisotopic (exact) mass is 338 g/mol. The molecule has 24 heavy (non-hydrogen) atoms. The van der Waals surface area contributed by atoms with Crippen molar-refractivity contribution in [2.24, 2.45) is 0 Å². The Kier molecular flexibility index (Phi) is 5.91. The van der Waals surface area contributed by atoms with E-state index in [9.17, 15) is 18.4 Å². The average Bonchev–Trinajstić information content (AvgIpc) is 2.96. The van der Waals surface area contributed by atoms with Crippen molar-refractivity contribution in [3.63, 3.8) is 0 Å². The Balaban J connectivity index is 2.04. The topological polar surface area (TPSA) is 58.2 Å². The molecule has 0 bridgehead atoms. The Morgan fingerprint density at radius 3 is 2.50 bits per heavy atom. The van der Waals surface area contributed by atoms with Gasteiger partial charge < -0.3 is 10.6 Å². The summed E-state index contributed by atoms with van der Waals surface area (Å²) in [6, 6.07) is 3.36. The molecule has 1 aromatic rings. The molecular weight excluding hydrogens is 314 g/mol. The Morgan fingerprint density at radius 1 is 1.25 bits per heavy atom. The molecule has 0 spiro atoms. The van der Waals surface area contributed by atoms with Gasteiger partial charge in [-0.25, -0.2) is 8.78 Å². The van der Waals surface area contributed by atoms with E-state index in [0.29, 0.717) is 24.9 Å². The van der Waals surface area contributed by atoms with Crippen LogP contribution in [0.25, 0.3) is 0 Å². The molecule has 1 atom stereocenters. The number of hydrogen-bond donors (Lipinski definition) is 2. The van der Waals surface area contributed by atoms with Gasteiger partial charge in [0.1, 0.15) is 17.2 Å². The normalized spacial score (nSPS) is 17.3. The van der Waals surface area contributed by atoms with Crippen LogP contribution in [0, 0.1) is 11.6 Å². The average molecular weight is 338 g/mol. The molecule has 1 saturated carbocycles. The molecular formula is C18H24F2N2O2. The van der Waals surface area contributed by atoms with Gasteiger partial charge in [-0.1, -0.05) is 25.8 Å². The Bertz CT molecular complexity index is 613. The van der Waals surface area contributed by atoms with Gasteiger partial charge >= 0.3 is 0 Å². The van der Waals surface area contributed by atoms with Gasteiger partial charge in [0.25, 0.3) is 0 Å². The second kappa shape index (κ2) is 7.73. The fourth-order valence-electron chi connectivity index (χ4n) is 3.32. The molecule has 2 rings (SSSR count). The van der Waals surface area contributed by atoms with E-state index in [1.165, 1.54) is 12.1 Å². The van der Waals surface area contributed by atoms with E-state index in [2.05, 4.69) is 10.6 Å². The second-order valence-corrected chi connectivity index (χ2v) is 6.47. The Morgan fingerprint density at radius 2 is 1.92 bits per heavy atom. The van der Waals surface area contributed by atoms with Crippen LogP contribution >= 0.6 is 0 Å². The maximum absolute atomic E-state index is 13.8. The minimum atomic E-state index is -0.853. The van der Waals surface area contributed by atoms with Gasteiger partial charge in [-0.05, 0) is 37.3 Å². The summed E-state index contributed by atoms with van der Waals surface area (Å²) < 4.78 is 26.8. The highest BCUT2D eigenvalue weighted by molar-refractivity contribution is 5.92. The fraction of sp³-hybridized carbons (Fsp3) is 0.556. The van der Waals surface area contributed by atoms with E-state index in [1.807, 2.05) is 6.92 Å². The van der Waals surface area contributed by atoms with Gasteiger partial charge in [0.2, 0.25) is 11.8 Å². The van der Waals surface area contributed by atoms with Crippen molar-refractivity contribution in [1.29, 1.82) is 0 Å². The Labute approximate surface area is 141 Å². The molecule has 0 aliphatic heterocycles. The van der Waals surface area contributed by atoms with E-state index in [0.717, 1.165) is 18.9 Å². The highest BCUT2D eigenvalue weighted by Gasteiger charge is 2.42. The number of benzene rings is 1. The van der Waals surface area contributed by atoms with E-state index in [-0.39, 0.29) is 18.2 Å². The van der Waals surface area contributed by atoms with Crippen molar-refractivity contribution < 1.29 is 18.4 Å². The molecule has 132 valence electrons. The number of hydrogen-bond acceptors (Lipinski definition) is 2. The van der Waals surface area contributed by atoms with Crippen molar-refractivity contribution in [1.82, 2.24) is 10.6 Å². The van der Waals surface area contributed by atoms with Crippen molar-refractivity contribution in [2.45, 2.75) is 57.4 Å². The molecule has 0 radical (unpaired) electrons. The number of rotatable bonds is 6. The molecule has 4 nitrogen and oxygen atoms in total. The number of likely N-dealkylation sites (N-methyl/N-ethyl adjacent to an activating group) is 1. The van der Waals surface area contributed by atoms with E-state index >= 15 is 0 Å². The zero-order valence-corrected chi connectivity index (χ0v) is 14.1. The largest absolute Gasteiger partial charge is 0.354 e. The highest BCUT2D eigenvalue weighted by atomic mass is 19.1. The standard InChI is InChI=1S/C18H24F2N2O2/c1-3-21-17(24)18(8-4-5-9-18)22-16(23)10-12(2)14-7-6-13(19)11-15(14)20/h6-7,11-12H,3-5,8-10H2,1-2H3,(H,21,24)(H,22,23). The summed E-state index contributed by atoms with van der Waals surface area (Å²) in [5.74, 6) is -2.15. The SMILES string of the molecule is CCNC(=O)C1(NC(=O)CC(C)c2ccc(F)cc2F)CCCC1. The van der Waals surface area contributed by atoms with Crippen LogP contribution in [0.3, 0.4) is 0 Å². The molecule has 6 heteroatoms. The first-order chi connectivity index (χ1) is 11.4. The van der Waals surface area contributed by atoms with Crippen LogP contribution < -0.4 is 10.6 Å². The lowest BCUT2D eigenvalue weighted by Crippen LogP contribution is -2.57. The van der Waals surface area contributed by atoms with Gasteiger partial charge in [-0.3, -0.25) is 9.59 Å². The van der Waals surface area contributed by atoms with Crippen molar-refractivity contribution in [3.05, 3.63) is 35.4 Å². The summed E-state index contributed by atoms with van der Waals surface area (Å²) in [5.41, 5.74) is -0.557. The van der Waals surface area contributed by atoms with Crippen molar-refractivity contribution >= 4 is 11.8 Å². The van der Waals surface area contributed by atoms with Crippen LogP contribution in [-0.4, -0.2) is 23.9 Å². The number of nitrogens with one attached hydrogen (secondary N) is 2.